The molecule has 0 aliphatic rings. The maximum Gasteiger partial charge on any atom is 0.306 e. The summed E-state index contributed by atoms with van der Waals surface area (Å²) < 4.78 is 16.9. The maximum atomic E-state index is 12.8. The lowest BCUT2D eigenvalue weighted by atomic mass is 10.0. The molecule has 0 aliphatic heterocycles. The average molecular weight is 906 g/mol. The van der Waals surface area contributed by atoms with E-state index in [0.29, 0.717) is 19.3 Å². The predicted molar refractivity (Wildman–Crippen MR) is 275 cm³/mol. The molecule has 0 aliphatic carbocycles. The molecule has 0 bridgehead atoms. The zero-order valence-corrected chi connectivity index (χ0v) is 43.9. The highest BCUT2D eigenvalue weighted by molar-refractivity contribution is 5.71. The van der Waals surface area contributed by atoms with E-state index in [1.165, 1.54) is 212 Å². The summed E-state index contributed by atoms with van der Waals surface area (Å²) in [6.07, 6.45) is 53.9. The van der Waals surface area contributed by atoms with Gasteiger partial charge in [0, 0.05) is 19.3 Å². The molecule has 0 aromatic rings. The van der Waals surface area contributed by atoms with Crippen molar-refractivity contribution in [2.75, 3.05) is 13.2 Å². The summed E-state index contributed by atoms with van der Waals surface area (Å²) in [4.78, 5) is 38.1. The van der Waals surface area contributed by atoms with E-state index in [0.717, 1.165) is 69.6 Å². The van der Waals surface area contributed by atoms with Crippen molar-refractivity contribution in [1.29, 1.82) is 0 Å². The van der Waals surface area contributed by atoms with Crippen LogP contribution in [0.15, 0.2) is 0 Å². The van der Waals surface area contributed by atoms with Gasteiger partial charge in [-0.05, 0) is 31.1 Å². The van der Waals surface area contributed by atoms with E-state index in [4.69, 9.17) is 14.2 Å². The number of hydrogen-bond acceptors (Lipinski definition) is 6. The lowest BCUT2D eigenvalue weighted by Crippen LogP contribution is -2.30. The predicted octanol–water partition coefficient (Wildman–Crippen LogP) is 18.9. The van der Waals surface area contributed by atoms with E-state index < -0.39 is 6.10 Å². The van der Waals surface area contributed by atoms with Crippen LogP contribution in [0, 0.1) is 11.8 Å². The lowest BCUT2D eigenvalue weighted by molar-refractivity contribution is -0.167. The fraction of sp³-hybridized carbons (Fsp3) is 0.948. The minimum absolute atomic E-state index is 0.0634. The van der Waals surface area contributed by atoms with Gasteiger partial charge in [0.15, 0.2) is 6.10 Å². The normalized spacial score (nSPS) is 12.0. The van der Waals surface area contributed by atoms with Gasteiger partial charge in [-0.2, -0.15) is 0 Å². The van der Waals surface area contributed by atoms with Gasteiger partial charge in [0.25, 0.3) is 0 Å². The molecule has 0 spiro atoms. The molecule has 64 heavy (non-hydrogen) atoms. The van der Waals surface area contributed by atoms with E-state index in [2.05, 4.69) is 34.6 Å². The third-order valence-corrected chi connectivity index (χ3v) is 13.2. The van der Waals surface area contributed by atoms with E-state index in [1.807, 2.05) is 0 Å². The monoisotopic (exact) mass is 905 g/mol. The number of carbonyl (C=O) groups excluding carboxylic acids is 3. The van der Waals surface area contributed by atoms with Crippen molar-refractivity contribution < 1.29 is 28.6 Å². The first-order valence-electron chi connectivity index (χ1n) is 28.7. The second kappa shape index (κ2) is 50.8. The molecule has 380 valence electrons. The van der Waals surface area contributed by atoms with Crippen molar-refractivity contribution in [3.63, 3.8) is 0 Å². The van der Waals surface area contributed by atoms with E-state index in [9.17, 15) is 14.4 Å². The van der Waals surface area contributed by atoms with Crippen molar-refractivity contribution in [2.45, 2.75) is 330 Å². The Morgan fingerprint density at radius 3 is 0.766 bits per heavy atom. The second-order valence-corrected chi connectivity index (χ2v) is 20.9. The van der Waals surface area contributed by atoms with E-state index in [-0.39, 0.29) is 31.1 Å². The van der Waals surface area contributed by atoms with Crippen LogP contribution in [-0.4, -0.2) is 37.2 Å². The summed E-state index contributed by atoms with van der Waals surface area (Å²) in [5.41, 5.74) is 0. The van der Waals surface area contributed by atoms with Crippen molar-refractivity contribution in [3.05, 3.63) is 0 Å². The molecule has 1 atom stereocenters. The van der Waals surface area contributed by atoms with Gasteiger partial charge in [-0.15, -0.1) is 0 Å². The minimum Gasteiger partial charge on any atom is -0.462 e. The standard InChI is InChI=1S/C58H112O6/c1-6-7-8-9-10-11-12-13-14-15-16-17-18-21-24-27-33-38-43-48-56(59)62-51-55(64-58(61)50-45-40-35-30-29-32-37-42-47-54(4)5)52-63-57(60)49-44-39-34-28-25-22-19-20-23-26-31-36-41-46-53(2)3/h53-55H,6-52H2,1-5H3/t55-/m0/s1. The van der Waals surface area contributed by atoms with E-state index >= 15 is 0 Å². The summed E-state index contributed by atoms with van der Waals surface area (Å²) in [7, 11) is 0. The van der Waals surface area contributed by atoms with Crippen molar-refractivity contribution in [3.8, 4) is 0 Å². The molecule has 6 nitrogen and oxygen atoms in total. The van der Waals surface area contributed by atoms with Gasteiger partial charge in [-0.3, -0.25) is 14.4 Å². The molecule has 0 radical (unpaired) electrons. The summed E-state index contributed by atoms with van der Waals surface area (Å²) in [5.74, 6) is 0.790. The van der Waals surface area contributed by atoms with Crippen LogP contribution in [0.25, 0.3) is 0 Å². The van der Waals surface area contributed by atoms with Crippen LogP contribution in [0.1, 0.15) is 324 Å². The fourth-order valence-electron chi connectivity index (χ4n) is 8.87. The van der Waals surface area contributed by atoms with Crippen molar-refractivity contribution >= 4 is 17.9 Å². The average Bonchev–Trinajstić information content (AvgIpc) is 3.27. The van der Waals surface area contributed by atoms with Gasteiger partial charge in [-0.25, -0.2) is 0 Å². The number of esters is 3. The molecule has 0 saturated heterocycles. The molecule has 0 fully saturated rings. The third-order valence-electron chi connectivity index (χ3n) is 13.2. The third kappa shape index (κ3) is 51.4. The number of hydrogen-bond donors (Lipinski definition) is 0. The maximum absolute atomic E-state index is 12.8. The van der Waals surface area contributed by atoms with Crippen LogP contribution in [-0.2, 0) is 28.6 Å². The first-order valence-corrected chi connectivity index (χ1v) is 28.7. The highest BCUT2D eigenvalue weighted by Crippen LogP contribution is 2.18. The SMILES string of the molecule is CCCCCCCCCCCCCCCCCCCCCC(=O)OC[C@@H](COC(=O)CCCCCCCCCCCCCCCC(C)C)OC(=O)CCCCCCCCCCC(C)C. The van der Waals surface area contributed by atoms with Gasteiger partial charge in [-0.1, -0.05) is 285 Å². The summed E-state index contributed by atoms with van der Waals surface area (Å²) in [5, 5.41) is 0. The van der Waals surface area contributed by atoms with Crippen molar-refractivity contribution in [1.82, 2.24) is 0 Å². The molecule has 0 rings (SSSR count). The Balaban J connectivity index is 4.23. The Bertz CT molecular complexity index is 978. The van der Waals surface area contributed by atoms with Crippen LogP contribution < -0.4 is 0 Å². The molecule has 6 heteroatoms. The number of unbranched alkanes of at least 4 members (excludes halogenated alkanes) is 37. The Kier molecular flexibility index (Phi) is 49.6. The first-order chi connectivity index (χ1) is 31.2. The Labute approximate surface area is 399 Å². The second-order valence-electron chi connectivity index (χ2n) is 20.9. The topological polar surface area (TPSA) is 78.9 Å². The van der Waals surface area contributed by atoms with Gasteiger partial charge in [0.1, 0.15) is 13.2 Å². The molecule has 0 heterocycles. The molecule has 0 saturated carbocycles. The summed E-state index contributed by atoms with van der Waals surface area (Å²) >= 11 is 0. The zero-order valence-electron chi connectivity index (χ0n) is 43.9. The molecule has 0 unspecified atom stereocenters. The highest BCUT2D eigenvalue weighted by atomic mass is 16.6. The molecular weight excluding hydrogens is 793 g/mol. The van der Waals surface area contributed by atoms with Crippen LogP contribution in [0.3, 0.4) is 0 Å². The Morgan fingerprint density at radius 2 is 0.516 bits per heavy atom. The largest absolute Gasteiger partial charge is 0.462 e. The quantitative estimate of drug-likeness (QED) is 0.0344. The van der Waals surface area contributed by atoms with Gasteiger partial charge < -0.3 is 14.2 Å². The van der Waals surface area contributed by atoms with Gasteiger partial charge in [0.05, 0.1) is 0 Å². The van der Waals surface area contributed by atoms with Gasteiger partial charge >= 0.3 is 17.9 Å². The molecular formula is C58H112O6. The Morgan fingerprint density at radius 1 is 0.297 bits per heavy atom. The molecule has 0 aromatic carbocycles. The van der Waals surface area contributed by atoms with Crippen LogP contribution in [0.2, 0.25) is 0 Å². The highest BCUT2D eigenvalue weighted by Gasteiger charge is 2.19. The Hall–Kier alpha value is -1.59. The zero-order chi connectivity index (χ0) is 46.8. The van der Waals surface area contributed by atoms with Crippen LogP contribution >= 0.6 is 0 Å². The minimum atomic E-state index is -0.763. The summed E-state index contributed by atoms with van der Waals surface area (Å²) in [6.45, 7) is 11.4. The van der Waals surface area contributed by atoms with Crippen molar-refractivity contribution in [2.24, 2.45) is 11.8 Å². The summed E-state index contributed by atoms with van der Waals surface area (Å²) in [6, 6.07) is 0. The molecule has 0 N–H and O–H groups in total. The van der Waals surface area contributed by atoms with Gasteiger partial charge in [0.2, 0.25) is 0 Å². The number of ether oxygens (including phenoxy) is 3. The molecule has 0 aromatic heterocycles. The first kappa shape index (κ1) is 62.4. The lowest BCUT2D eigenvalue weighted by Gasteiger charge is -2.18. The van der Waals surface area contributed by atoms with Crippen LogP contribution in [0.4, 0.5) is 0 Å². The smallest absolute Gasteiger partial charge is 0.306 e. The van der Waals surface area contributed by atoms with Crippen LogP contribution in [0.5, 0.6) is 0 Å². The number of carbonyl (C=O) groups is 3. The number of rotatable bonds is 52. The van der Waals surface area contributed by atoms with E-state index in [1.54, 1.807) is 0 Å². The molecule has 0 amide bonds. The fourth-order valence-corrected chi connectivity index (χ4v) is 8.87.